The maximum Gasteiger partial charge on any atom is 0.0448 e. The van der Waals surface area contributed by atoms with Gasteiger partial charge in [-0.15, -0.1) is 0 Å². The van der Waals surface area contributed by atoms with Gasteiger partial charge in [-0.2, -0.15) is 0 Å². The largest absolute Gasteiger partial charge is 0.396 e. The van der Waals surface area contributed by atoms with Crippen LogP contribution >= 0.6 is 0 Å². The first kappa shape index (κ1) is 12.0. The van der Waals surface area contributed by atoms with Crippen molar-refractivity contribution in [3.63, 3.8) is 0 Å². The van der Waals surface area contributed by atoms with Gasteiger partial charge in [0.1, 0.15) is 0 Å². The Morgan fingerprint density at radius 3 is 2.43 bits per heavy atom. The van der Waals surface area contributed by atoms with Crippen LogP contribution in [-0.2, 0) is 0 Å². The molecule has 1 aliphatic carbocycles. The van der Waals surface area contributed by atoms with Crippen molar-refractivity contribution in [2.24, 2.45) is 11.3 Å². The summed E-state index contributed by atoms with van der Waals surface area (Å²) in [4.78, 5) is 0. The fourth-order valence-corrected chi connectivity index (χ4v) is 3.34. The smallest absolute Gasteiger partial charge is 0.0448 e. The molecule has 2 nitrogen and oxygen atoms in total. The molecule has 0 amide bonds. The third-order valence-electron chi connectivity index (χ3n) is 3.68. The lowest BCUT2D eigenvalue weighted by atomic mass is 9.83. The van der Waals surface area contributed by atoms with E-state index in [1.165, 1.54) is 12.8 Å². The predicted molar refractivity (Wildman–Crippen MR) is 60.3 cm³/mol. The lowest BCUT2D eigenvalue weighted by molar-refractivity contribution is 0.174. The Kier molecular flexibility index (Phi) is 3.59. The predicted octanol–water partition coefficient (Wildman–Crippen LogP) is 2.17. The maximum absolute atomic E-state index is 9.17. The zero-order valence-corrected chi connectivity index (χ0v) is 10.1. The monoisotopic (exact) mass is 199 g/mol. The molecule has 84 valence electrons. The molecule has 2 heteroatoms. The molecule has 0 aliphatic heterocycles. The van der Waals surface area contributed by atoms with E-state index in [0.29, 0.717) is 17.9 Å². The van der Waals surface area contributed by atoms with Gasteiger partial charge in [-0.3, -0.25) is 0 Å². The SMILES string of the molecule is CCNC1(CCO)CC(C)(C)CC1C. The zero-order chi connectivity index (χ0) is 10.8. The molecule has 0 heterocycles. The highest BCUT2D eigenvalue weighted by Crippen LogP contribution is 2.48. The Morgan fingerprint density at radius 1 is 1.43 bits per heavy atom. The van der Waals surface area contributed by atoms with Gasteiger partial charge in [0.25, 0.3) is 0 Å². The number of rotatable bonds is 4. The van der Waals surface area contributed by atoms with Crippen LogP contribution in [0.1, 0.15) is 47.0 Å². The molecule has 1 aliphatic rings. The van der Waals surface area contributed by atoms with Crippen LogP contribution in [0.15, 0.2) is 0 Å². The van der Waals surface area contributed by atoms with Gasteiger partial charge in [-0.25, -0.2) is 0 Å². The van der Waals surface area contributed by atoms with Crippen LogP contribution < -0.4 is 5.32 Å². The average Bonchev–Trinajstić information content (AvgIpc) is 2.23. The van der Waals surface area contributed by atoms with Gasteiger partial charge < -0.3 is 10.4 Å². The van der Waals surface area contributed by atoms with Gasteiger partial charge in [0, 0.05) is 12.1 Å². The van der Waals surface area contributed by atoms with E-state index >= 15 is 0 Å². The number of nitrogens with one attached hydrogen (secondary N) is 1. The van der Waals surface area contributed by atoms with Crippen LogP contribution in [-0.4, -0.2) is 23.8 Å². The minimum absolute atomic E-state index is 0.188. The van der Waals surface area contributed by atoms with Crippen LogP contribution in [0.4, 0.5) is 0 Å². The highest BCUT2D eigenvalue weighted by atomic mass is 16.3. The topological polar surface area (TPSA) is 32.3 Å². The normalized spacial score (nSPS) is 36.2. The van der Waals surface area contributed by atoms with Crippen molar-refractivity contribution in [2.45, 2.75) is 52.5 Å². The number of hydrogen-bond donors (Lipinski definition) is 2. The standard InChI is InChI=1S/C12H25NO/c1-5-13-12(6-7-14)9-11(3,4)8-10(12)2/h10,13-14H,5-9H2,1-4H3. The molecule has 2 N–H and O–H groups in total. The van der Waals surface area contributed by atoms with Gasteiger partial charge in [-0.05, 0) is 37.1 Å². The highest BCUT2D eigenvalue weighted by Gasteiger charge is 2.47. The summed E-state index contributed by atoms with van der Waals surface area (Å²) in [6.07, 6.45) is 3.35. The summed E-state index contributed by atoms with van der Waals surface area (Å²) in [7, 11) is 0. The van der Waals surface area contributed by atoms with E-state index in [1.54, 1.807) is 0 Å². The maximum atomic E-state index is 9.17. The molecule has 2 unspecified atom stereocenters. The molecular weight excluding hydrogens is 174 g/mol. The summed E-state index contributed by atoms with van der Waals surface area (Å²) in [5.41, 5.74) is 0.615. The molecule has 0 aromatic carbocycles. The van der Waals surface area contributed by atoms with Crippen LogP contribution in [0.25, 0.3) is 0 Å². The van der Waals surface area contributed by atoms with Crippen LogP contribution in [0, 0.1) is 11.3 Å². The fraction of sp³-hybridized carbons (Fsp3) is 1.00. The lowest BCUT2D eigenvalue weighted by Crippen LogP contribution is -2.48. The van der Waals surface area contributed by atoms with E-state index in [9.17, 15) is 0 Å². The van der Waals surface area contributed by atoms with Gasteiger partial charge in [0.05, 0.1) is 0 Å². The summed E-state index contributed by atoms with van der Waals surface area (Å²) in [5, 5.41) is 12.8. The highest BCUT2D eigenvalue weighted by molar-refractivity contribution is 5.03. The van der Waals surface area contributed by atoms with Crippen LogP contribution in [0.2, 0.25) is 0 Å². The summed E-state index contributed by atoms with van der Waals surface area (Å²) >= 11 is 0. The molecule has 1 fully saturated rings. The molecule has 0 bridgehead atoms. The molecule has 2 atom stereocenters. The molecule has 1 saturated carbocycles. The molecule has 14 heavy (non-hydrogen) atoms. The second kappa shape index (κ2) is 4.19. The second-order valence-electron chi connectivity index (χ2n) is 5.61. The Bertz CT molecular complexity index is 183. The Balaban J connectivity index is 2.76. The van der Waals surface area contributed by atoms with Crippen molar-refractivity contribution in [3.8, 4) is 0 Å². The van der Waals surface area contributed by atoms with Gasteiger partial charge in [0.15, 0.2) is 0 Å². The van der Waals surface area contributed by atoms with E-state index in [-0.39, 0.29) is 5.54 Å². The number of aliphatic hydroxyl groups excluding tert-OH is 1. The molecule has 0 spiro atoms. The molecular formula is C12H25NO. The first-order chi connectivity index (χ1) is 6.46. The minimum atomic E-state index is 0.188. The van der Waals surface area contributed by atoms with Gasteiger partial charge >= 0.3 is 0 Å². The Morgan fingerprint density at radius 2 is 2.07 bits per heavy atom. The third-order valence-corrected chi connectivity index (χ3v) is 3.68. The minimum Gasteiger partial charge on any atom is -0.396 e. The summed E-state index contributed by atoms with van der Waals surface area (Å²) in [6.45, 7) is 10.4. The van der Waals surface area contributed by atoms with Crippen molar-refractivity contribution in [1.29, 1.82) is 0 Å². The molecule has 0 radical (unpaired) electrons. The van der Waals surface area contributed by atoms with E-state index in [1.807, 2.05) is 0 Å². The van der Waals surface area contributed by atoms with Gasteiger partial charge in [0.2, 0.25) is 0 Å². The first-order valence-electron chi connectivity index (χ1n) is 5.82. The summed E-state index contributed by atoms with van der Waals surface area (Å²) in [5.74, 6) is 0.671. The van der Waals surface area contributed by atoms with Crippen molar-refractivity contribution in [3.05, 3.63) is 0 Å². The molecule has 0 aromatic heterocycles. The molecule has 0 aromatic rings. The quantitative estimate of drug-likeness (QED) is 0.727. The van der Waals surface area contributed by atoms with Gasteiger partial charge in [-0.1, -0.05) is 27.7 Å². The zero-order valence-electron chi connectivity index (χ0n) is 10.1. The Labute approximate surface area is 88.1 Å². The van der Waals surface area contributed by atoms with Crippen molar-refractivity contribution in [1.82, 2.24) is 5.32 Å². The van der Waals surface area contributed by atoms with E-state index in [0.717, 1.165) is 13.0 Å². The van der Waals surface area contributed by atoms with Crippen LogP contribution in [0.5, 0.6) is 0 Å². The third kappa shape index (κ3) is 2.29. The van der Waals surface area contributed by atoms with E-state index < -0.39 is 0 Å². The number of aliphatic hydroxyl groups is 1. The fourth-order valence-electron chi connectivity index (χ4n) is 3.34. The first-order valence-corrected chi connectivity index (χ1v) is 5.82. The molecule has 0 saturated heterocycles. The van der Waals surface area contributed by atoms with Crippen LogP contribution in [0.3, 0.4) is 0 Å². The lowest BCUT2D eigenvalue weighted by Gasteiger charge is -2.35. The second-order valence-corrected chi connectivity index (χ2v) is 5.61. The Hall–Kier alpha value is -0.0800. The van der Waals surface area contributed by atoms with E-state index in [4.69, 9.17) is 5.11 Å². The summed E-state index contributed by atoms with van der Waals surface area (Å²) in [6, 6.07) is 0. The van der Waals surface area contributed by atoms with Crippen molar-refractivity contribution in [2.75, 3.05) is 13.2 Å². The van der Waals surface area contributed by atoms with Crippen molar-refractivity contribution < 1.29 is 5.11 Å². The average molecular weight is 199 g/mol. The number of hydrogen-bond acceptors (Lipinski definition) is 2. The van der Waals surface area contributed by atoms with Crippen molar-refractivity contribution >= 4 is 0 Å². The molecule has 1 rings (SSSR count). The van der Waals surface area contributed by atoms with E-state index in [2.05, 4.69) is 33.0 Å². The summed E-state index contributed by atoms with van der Waals surface area (Å²) < 4.78 is 0.